The average Bonchev–Trinajstić information content (AvgIpc) is 2.56. The minimum atomic E-state index is -4.41. The van der Waals surface area contributed by atoms with E-state index in [9.17, 15) is 22.4 Å². The van der Waals surface area contributed by atoms with Crippen molar-refractivity contribution in [3.8, 4) is 0 Å². The summed E-state index contributed by atoms with van der Waals surface area (Å²) in [5.74, 6) is -0.0798. The van der Waals surface area contributed by atoms with E-state index in [1.165, 1.54) is 30.0 Å². The quantitative estimate of drug-likeness (QED) is 0.558. The van der Waals surface area contributed by atoms with E-state index in [0.29, 0.717) is 11.3 Å². The molecule has 2 rings (SSSR count). The summed E-state index contributed by atoms with van der Waals surface area (Å²) in [5.41, 5.74) is -0.340. The summed E-state index contributed by atoms with van der Waals surface area (Å²) < 4.78 is 51.0. The Bertz CT molecular complexity index is 716. The van der Waals surface area contributed by atoms with Crippen LogP contribution in [-0.4, -0.2) is 11.7 Å². The Morgan fingerprint density at radius 2 is 1.84 bits per heavy atom. The fourth-order valence-electron chi connectivity index (χ4n) is 2.17. The predicted molar refractivity (Wildman–Crippen MR) is 89.7 cm³/mol. The van der Waals surface area contributed by atoms with E-state index in [4.69, 9.17) is 0 Å². The highest BCUT2D eigenvalue weighted by Gasteiger charge is 2.30. The molecule has 1 unspecified atom stereocenters. The fourth-order valence-corrected chi connectivity index (χ4v) is 3.03. The Morgan fingerprint density at radius 3 is 2.48 bits per heavy atom. The summed E-state index contributed by atoms with van der Waals surface area (Å²) >= 11 is 1.41. The van der Waals surface area contributed by atoms with Crippen LogP contribution in [-0.2, 0) is 11.0 Å². The predicted octanol–water partition coefficient (Wildman–Crippen LogP) is 5.20. The summed E-state index contributed by atoms with van der Waals surface area (Å²) in [5, 5.41) is 2.69. The first-order chi connectivity index (χ1) is 11.8. The molecule has 0 saturated heterocycles. The molecule has 1 amide bonds. The third kappa shape index (κ3) is 6.08. The zero-order chi connectivity index (χ0) is 18.4. The van der Waals surface area contributed by atoms with Crippen molar-refractivity contribution >= 4 is 17.7 Å². The second-order valence-corrected chi connectivity index (χ2v) is 6.63. The van der Waals surface area contributed by atoms with Gasteiger partial charge < -0.3 is 5.32 Å². The third-order valence-electron chi connectivity index (χ3n) is 3.50. The lowest BCUT2D eigenvalue weighted by molar-refractivity contribution is -0.137. The fraction of sp³-hybridized carbons (Fsp3) is 0.278. The van der Waals surface area contributed by atoms with Gasteiger partial charge in [-0.15, -0.1) is 11.8 Å². The van der Waals surface area contributed by atoms with Crippen molar-refractivity contribution in [3.05, 3.63) is 65.5 Å². The number of carbonyl (C=O) groups excluding carboxylic acids is 1. The molecule has 1 N–H and O–H groups in total. The van der Waals surface area contributed by atoms with Crippen LogP contribution >= 0.6 is 11.8 Å². The number of rotatable bonds is 6. The van der Waals surface area contributed by atoms with Gasteiger partial charge >= 0.3 is 6.18 Å². The zero-order valence-corrected chi connectivity index (χ0v) is 14.3. The first-order valence-corrected chi connectivity index (χ1v) is 8.59. The second kappa shape index (κ2) is 8.38. The number of hydrogen-bond donors (Lipinski definition) is 1. The monoisotopic (exact) mass is 371 g/mol. The lowest BCUT2D eigenvalue weighted by Gasteiger charge is -2.16. The van der Waals surface area contributed by atoms with Gasteiger partial charge in [0.05, 0.1) is 11.6 Å². The molecule has 25 heavy (non-hydrogen) atoms. The van der Waals surface area contributed by atoms with E-state index < -0.39 is 17.8 Å². The lowest BCUT2D eigenvalue weighted by atomic mass is 10.0. The van der Waals surface area contributed by atoms with Crippen LogP contribution < -0.4 is 5.32 Å². The summed E-state index contributed by atoms with van der Waals surface area (Å²) in [6.07, 6.45) is -4.20. The van der Waals surface area contributed by atoms with Crippen LogP contribution in [0.15, 0.2) is 53.4 Å². The molecule has 0 heterocycles. The van der Waals surface area contributed by atoms with Gasteiger partial charge in [0.2, 0.25) is 5.91 Å². The lowest BCUT2D eigenvalue weighted by Crippen LogP contribution is -2.27. The smallest absolute Gasteiger partial charge is 0.350 e. The Hall–Kier alpha value is -2.02. The Balaban J connectivity index is 1.84. The first kappa shape index (κ1) is 19.3. The number of alkyl halides is 3. The Morgan fingerprint density at radius 1 is 1.16 bits per heavy atom. The maximum Gasteiger partial charge on any atom is 0.416 e. The number of amides is 1. The number of hydrogen-bond acceptors (Lipinski definition) is 2. The molecule has 0 aliphatic heterocycles. The highest BCUT2D eigenvalue weighted by atomic mass is 32.2. The largest absolute Gasteiger partial charge is 0.416 e. The standard InChI is InChI=1S/C18H17F4NOS/c1-12(13-3-2-4-14(11-13)18(20,21)22)23-17(24)9-10-25-16-7-5-15(19)6-8-16/h2-8,11-12H,9-10H2,1H3,(H,23,24). The molecule has 134 valence electrons. The number of carbonyl (C=O) groups is 1. The van der Waals surface area contributed by atoms with Gasteiger partial charge in [-0.2, -0.15) is 13.2 Å². The van der Waals surface area contributed by atoms with Crippen molar-refractivity contribution in [3.63, 3.8) is 0 Å². The van der Waals surface area contributed by atoms with Crippen LogP contribution in [0.1, 0.15) is 30.5 Å². The van der Waals surface area contributed by atoms with Gasteiger partial charge in [0, 0.05) is 17.1 Å². The molecule has 2 aromatic rings. The topological polar surface area (TPSA) is 29.1 Å². The molecular weight excluding hydrogens is 354 g/mol. The van der Waals surface area contributed by atoms with Crippen LogP contribution in [0.5, 0.6) is 0 Å². The maximum absolute atomic E-state index is 12.8. The van der Waals surface area contributed by atoms with E-state index in [-0.39, 0.29) is 18.1 Å². The van der Waals surface area contributed by atoms with Gasteiger partial charge in [-0.1, -0.05) is 12.1 Å². The number of thioether (sulfide) groups is 1. The molecule has 0 aliphatic rings. The highest BCUT2D eigenvalue weighted by molar-refractivity contribution is 7.99. The van der Waals surface area contributed by atoms with Crippen LogP contribution in [0.3, 0.4) is 0 Å². The van der Waals surface area contributed by atoms with E-state index in [2.05, 4.69) is 5.32 Å². The van der Waals surface area contributed by atoms with Crippen molar-refractivity contribution in [2.75, 3.05) is 5.75 Å². The van der Waals surface area contributed by atoms with Crippen molar-refractivity contribution in [2.45, 2.75) is 30.5 Å². The van der Waals surface area contributed by atoms with E-state index >= 15 is 0 Å². The minimum Gasteiger partial charge on any atom is -0.350 e. The molecule has 0 bridgehead atoms. The molecule has 0 aliphatic carbocycles. The number of benzene rings is 2. The summed E-state index contributed by atoms with van der Waals surface area (Å²) in [6, 6.07) is 10.3. The highest BCUT2D eigenvalue weighted by Crippen LogP contribution is 2.30. The molecular formula is C18H17F4NOS. The number of nitrogens with one attached hydrogen (secondary N) is 1. The van der Waals surface area contributed by atoms with Gasteiger partial charge in [-0.25, -0.2) is 4.39 Å². The first-order valence-electron chi connectivity index (χ1n) is 7.60. The van der Waals surface area contributed by atoms with Crippen LogP contribution in [0, 0.1) is 5.82 Å². The van der Waals surface area contributed by atoms with Gasteiger partial charge in [0.25, 0.3) is 0 Å². The van der Waals surface area contributed by atoms with E-state index in [1.54, 1.807) is 25.1 Å². The molecule has 2 aromatic carbocycles. The van der Waals surface area contributed by atoms with Crippen LogP contribution in [0.25, 0.3) is 0 Å². The molecule has 0 aromatic heterocycles. The van der Waals surface area contributed by atoms with Crippen molar-refractivity contribution in [1.29, 1.82) is 0 Å². The minimum absolute atomic E-state index is 0.214. The van der Waals surface area contributed by atoms with Crippen molar-refractivity contribution in [2.24, 2.45) is 0 Å². The Labute approximate surface area is 147 Å². The van der Waals surface area contributed by atoms with Gasteiger partial charge in [0.1, 0.15) is 5.82 Å². The third-order valence-corrected chi connectivity index (χ3v) is 4.52. The SMILES string of the molecule is CC(NC(=O)CCSc1ccc(F)cc1)c1cccc(C(F)(F)F)c1. The second-order valence-electron chi connectivity index (χ2n) is 5.46. The summed E-state index contributed by atoms with van der Waals surface area (Å²) in [7, 11) is 0. The molecule has 1 atom stereocenters. The van der Waals surface area contributed by atoms with E-state index in [0.717, 1.165) is 17.0 Å². The summed E-state index contributed by atoms with van der Waals surface area (Å²) in [6.45, 7) is 1.64. The van der Waals surface area contributed by atoms with Gasteiger partial charge in [0.15, 0.2) is 0 Å². The number of halogens is 4. The molecule has 0 radical (unpaired) electrons. The zero-order valence-electron chi connectivity index (χ0n) is 13.4. The van der Waals surface area contributed by atoms with Crippen molar-refractivity contribution < 1.29 is 22.4 Å². The van der Waals surface area contributed by atoms with E-state index in [1.807, 2.05) is 0 Å². The molecule has 7 heteroatoms. The maximum atomic E-state index is 12.8. The van der Waals surface area contributed by atoms with Gasteiger partial charge in [-0.05, 0) is 48.9 Å². The molecule has 0 saturated carbocycles. The van der Waals surface area contributed by atoms with Crippen molar-refractivity contribution in [1.82, 2.24) is 5.32 Å². The van der Waals surface area contributed by atoms with Crippen LogP contribution in [0.2, 0.25) is 0 Å². The average molecular weight is 371 g/mol. The molecule has 0 spiro atoms. The summed E-state index contributed by atoms with van der Waals surface area (Å²) in [4.78, 5) is 12.8. The molecule has 0 fully saturated rings. The normalized spacial score (nSPS) is 12.7. The van der Waals surface area contributed by atoms with Crippen LogP contribution in [0.4, 0.5) is 17.6 Å². The Kier molecular flexibility index (Phi) is 6.47. The van der Waals surface area contributed by atoms with Gasteiger partial charge in [-0.3, -0.25) is 4.79 Å². The molecule has 2 nitrogen and oxygen atoms in total.